The Kier molecular flexibility index (Phi) is 5.60. The van der Waals surface area contributed by atoms with Gasteiger partial charge < -0.3 is 9.64 Å². The summed E-state index contributed by atoms with van der Waals surface area (Å²) < 4.78 is 6.63. The first-order valence-corrected chi connectivity index (χ1v) is 11.1. The smallest absolute Gasteiger partial charge is 0.246 e. The summed E-state index contributed by atoms with van der Waals surface area (Å²) in [5, 5.41) is 4.37. The summed E-state index contributed by atoms with van der Waals surface area (Å²) in [6.07, 6.45) is 1.79. The molecule has 0 unspecified atom stereocenters. The number of hydrogen-bond acceptors (Lipinski definition) is 7. The molecule has 0 bridgehead atoms. The van der Waals surface area contributed by atoms with Crippen LogP contribution in [0, 0.1) is 6.92 Å². The second-order valence-electron chi connectivity index (χ2n) is 7.45. The minimum atomic E-state index is 0.496. The lowest BCUT2D eigenvalue weighted by Crippen LogP contribution is -2.36. The molecule has 0 saturated carbocycles. The van der Waals surface area contributed by atoms with E-state index in [1.807, 2.05) is 18.2 Å². The molecular formula is C24H23N5OS. The standard InChI is InChI=1S/C24H23N5OS/c1-17-6-5-7-18(14-17)16-25-28-24-26-20-15-21(19-8-3-2-4-9-19)31-22(20)23(27-24)29-10-12-30-13-11-29/h2-9,14-16H,10-13H2,1H3,(H,26,27,28)/b25-16+. The van der Waals surface area contributed by atoms with Crippen molar-refractivity contribution in [3.8, 4) is 10.4 Å². The molecule has 0 amide bonds. The summed E-state index contributed by atoms with van der Waals surface area (Å²) in [5.74, 6) is 1.43. The molecule has 1 aliphatic heterocycles. The zero-order valence-electron chi connectivity index (χ0n) is 17.3. The SMILES string of the molecule is Cc1cccc(/C=N/Nc2nc(N3CCOCC3)c3sc(-c4ccccc4)cc3n2)c1. The van der Waals surface area contributed by atoms with Crippen LogP contribution in [-0.2, 0) is 4.74 Å². The number of ether oxygens (including phenoxy) is 1. The first kappa shape index (κ1) is 19.7. The molecule has 0 aliphatic carbocycles. The number of benzene rings is 2. The lowest BCUT2D eigenvalue weighted by Gasteiger charge is -2.28. The van der Waals surface area contributed by atoms with E-state index in [0.29, 0.717) is 19.2 Å². The number of anilines is 2. The molecule has 3 heterocycles. The van der Waals surface area contributed by atoms with E-state index < -0.39 is 0 Å². The number of aromatic nitrogens is 2. The Balaban J connectivity index is 1.50. The van der Waals surface area contributed by atoms with Gasteiger partial charge in [0.15, 0.2) is 5.82 Å². The maximum absolute atomic E-state index is 5.54. The second-order valence-corrected chi connectivity index (χ2v) is 8.50. The van der Waals surface area contributed by atoms with Crippen molar-refractivity contribution in [2.24, 2.45) is 5.10 Å². The molecule has 0 radical (unpaired) electrons. The monoisotopic (exact) mass is 429 g/mol. The molecule has 1 aliphatic rings. The number of fused-ring (bicyclic) bond motifs is 1. The van der Waals surface area contributed by atoms with Crippen LogP contribution in [0.3, 0.4) is 0 Å². The van der Waals surface area contributed by atoms with Crippen molar-refractivity contribution in [2.75, 3.05) is 36.6 Å². The predicted octanol–water partition coefficient (Wildman–Crippen LogP) is 4.95. The predicted molar refractivity (Wildman–Crippen MR) is 128 cm³/mol. The number of hydrazone groups is 1. The van der Waals surface area contributed by atoms with Gasteiger partial charge in [0.25, 0.3) is 0 Å². The summed E-state index contributed by atoms with van der Waals surface area (Å²) in [6.45, 7) is 5.11. The van der Waals surface area contributed by atoms with Crippen molar-refractivity contribution in [1.29, 1.82) is 0 Å². The van der Waals surface area contributed by atoms with Gasteiger partial charge in [0.2, 0.25) is 5.95 Å². The Morgan fingerprint density at radius 3 is 2.68 bits per heavy atom. The first-order valence-electron chi connectivity index (χ1n) is 10.3. The Morgan fingerprint density at radius 2 is 1.87 bits per heavy atom. The number of nitrogens with zero attached hydrogens (tertiary/aromatic N) is 4. The topological polar surface area (TPSA) is 62.6 Å². The molecule has 156 valence electrons. The number of aryl methyl sites for hydroxylation is 1. The van der Waals surface area contributed by atoms with Crippen molar-refractivity contribution in [1.82, 2.24) is 9.97 Å². The fourth-order valence-corrected chi connectivity index (χ4v) is 4.73. The Labute approximate surface area is 185 Å². The molecular weight excluding hydrogens is 406 g/mol. The summed E-state index contributed by atoms with van der Waals surface area (Å²) in [7, 11) is 0. The molecule has 2 aromatic carbocycles. The average molecular weight is 430 g/mol. The number of rotatable bonds is 5. The van der Waals surface area contributed by atoms with Crippen LogP contribution in [-0.4, -0.2) is 42.5 Å². The molecule has 1 saturated heterocycles. The van der Waals surface area contributed by atoms with E-state index in [2.05, 4.69) is 64.8 Å². The van der Waals surface area contributed by atoms with Gasteiger partial charge in [0.1, 0.15) is 0 Å². The minimum absolute atomic E-state index is 0.496. The molecule has 6 nitrogen and oxygen atoms in total. The number of nitrogens with one attached hydrogen (secondary N) is 1. The highest BCUT2D eigenvalue weighted by Gasteiger charge is 2.20. The van der Waals surface area contributed by atoms with Gasteiger partial charge in [-0.05, 0) is 24.1 Å². The highest BCUT2D eigenvalue weighted by atomic mass is 32.1. The molecule has 4 aromatic rings. The van der Waals surface area contributed by atoms with E-state index in [4.69, 9.17) is 14.7 Å². The van der Waals surface area contributed by atoms with E-state index in [1.54, 1.807) is 17.6 Å². The van der Waals surface area contributed by atoms with Crippen molar-refractivity contribution in [2.45, 2.75) is 6.92 Å². The van der Waals surface area contributed by atoms with Crippen LogP contribution in [0.2, 0.25) is 0 Å². The molecule has 1 N–H and O–H groups in total. The van der Waals surface area contributed by atoms with Crippen molar-refractivity contribution >= 4 is 39.5 Å². The van der Waals surface area contributed by atoms with E-state index in [1.165, 1.54) is 16.0 Å². The van der Waals surface area contributed by atoms with Crippen LogP contribution in [0.1, 0.15) is 11.1 Å². The Morgan fingerprint density at radius 1 is 1.03 bits per heavy atom. The lowest BCUT2D eigenvalue weighted by atomic mass is 10.2. The van der Waals surface area contributed by atoms with Crippen LogP contribution in [0.25, 0.3) is 20.7 Å². The average Bonchev–Trinajstić information content (AvgIpc) is 3.24. The Bertz CT molecular complexity index is 1220. The zero-order valence-corrected chi connectivity index (χ0v) is 18.1. The third kappa shape index (κ3) is 4.42. The largest absolute Gasteiger partial charge is 0.378 e. The van der Waals surface area contributed by atoms with Gasteiger partial charge in [-0.3, -0.25) is 0 Å². The van der Waals surface area contributed by atoms with Gasteiger partial charge in [-0.1, -0.05) is 60.2 Å². The maximum atomic E-state index is 5.54. The zero-order chi connectivity index (χ0) is 21.0. The second kappa shape index (κ2) is 8.83. The lowest BCUT2D eigenvalue weighted by molar-refractivity contribution is 0.122. The number of thiophene rings is 1. The summed E-state index contributed by atoms with van der Waals surface area (Å²) >= 11 is 1.73. The molecule has 7 heteroatoms. The normalized spacial score (nSPS) is 14.4. The van der Waals surface area contributed by atoms with Gasteiger partial charge in [-0.2, -0.15) is 10.1 Å². The molecule has 0 atom stereocenters. The van der Waals surface area contributed by atoms with Gasteiger partial charge in [0, 0.05) is 18.0 Å². The van der Waals surface area contributed by atoms with E-state index in [-0.39, 0.29) is 0 Å². The Hall–Kier alpha value is -3.29. The molecule has 0 spiro atoms. The molecule has 5 rings (SSSR count). The first-order chi connectivity index (χ1) is 15.3. The van der Waals surface area contributed by atoms with Crippen molar-refractivity contribution in [3.05, 3.63) is 71.8 Å². The summed E-state index contributed by atoms with van der Waals surface area (Å²) in [5.41, 5.74) is 7.37. The third-order valence-corrected chi connectivity index (χ3v) is 6.31. The van der Waals surface area contributed by atoms with E-state index in [9.17, 15) is 0 Å². The highest BCUT2D eigenvalue weighted by molar-refractivity contribution is 7.22. The van der Waals surface area contributed by atoms with Gasteiger partial charge in [-0.25, -0.2) is 10.4 Å². The maximum Gasteiger partial charge on any atom is 0.246 e. The van der Waals surface area contributed by atoms with Crippen LogP contribution in [0.5, 0.6) is 0 Å². The third-order valence-electron chi connectivity index (χ3n) is 5.14. The van der Waals surface area contributed by atoms with Crippen molar-refractivity contribution < 1.29 is 4.74 Å². The van der Waals surface area contributed by atoms with Gasteiger partial charge in [-0.15, -0.1) is 11.3 Å². The molecule has 31 heavy (non-hydrogen) atoms. The molecule has 1 fully saturated rings. The quantitative estimate of drug-likeness (QED) is 0.359. The highest BCUT2D eigenvalue weighted by Crippen LogP contribution is 2.38. The van der Waals surface area contributed by atoms with Crippen LogP contribution in [0.4, 0.5) is 11.8 Å². The van der Waals surface area contributed by atoms with Crippen LogP contribution >= 0.6 is 11.3 Å². The summed E-state index contributed by atoms with van der Waals surface area (Å²) in [6, 6.07) is 20.7. The number of morpholine rings is 1. The van der Waals surface area contributed by atoms with Crippen molar-refractivity contribution in [3.63, 3.8) is 0 Å². The van der Waals surface area contributed by atoms with E-state index in [0.717, 1.165) is 34.7 Å². The fraction of sp³-hybridized carbons (Fsp3) is 0.208. The summed E-state index contributed by atoms with van der Waals surface area (Å²) in [4.78, 5) is 13.0. The van der Waals surface area contributed by atoms with E-state index >= 15 is 0 Å². The van der Waals surface area contributed by atoms with Gasteiger partial charge >= 0.3 is 0 Å². The minimum Gasteiger partial charge on any atom is -0.378 e. The number of hydrogen-bond donors (Lipinski definition) is 1. The fourth-order valence-electron chi connectivity index (χ4n) is 3.61. The van der Waals surface area contributed by atoms with Crippen LogP contribution in [0.15, 0.2) is 65.8 Å². The molecule has 2 aromatic heterocycles. The van der Waals surface area contributed by atoms with Gasteiger partial charge in [0.05, 0.1) is 29.6 Å². The van der Waals surface area contributed by atoms with Crippen LogP contribution < -0.4 is 10.3 Å².